The van der Waals surface area contributed by atoms with E-state index < -0.39 is 54.6 Å². The van der Waals surface area contributed by atoms with Crippen LogP contribution in [0.15, 0.2) is 30.6 Å². The van der Waals surface area contributed by atoms with Crippen molar-refractivity contribution in [2.75, 3.05) is 11.9 Å². The number of rotatable bonds is 22. The number of aliphatic hydroxyl groups is 1. The summed E-state index contributed by atoms with van der Waals surface area (Å²) in [5, 5.41) is 13.5. The first-order valence-corrected chi connectivity index (χ1v) is 19.8. The van der Waals surface area contributed by atoms with Gasteiger partial charge in [0.1, 0.15) is 25.5 Å². The van der Waals surface area contributed by atoms with E-state index in [0.29, 0.717) is 12.0 Å². The Labute approximate surface area is 326 Å². The van der Waals surface area contributed by atoms with Crippen LogP contribution in [-0.4, -0.2) is 72.9 Å². The maximum atomic E-state index is 14.6. The number of ether oxygens (including phenoxy) is 4. The number of carbonyl (C=O) groups excluding carboxylic acids is 4. The summed E-state index contributed by atoms with van der Waals surface area (Å²) >= 11 is 0. The van der Waals surface area contributed by atoms with E-state index in [2.05, 4.69) is 33.1 Å². The van der Waals surface area contributed by atoms with Gasteiger partial charge in [-0.2, -0.15) is 14.4 Å². The first-order valence-electron chi connectivity index (χ1n) is 19.8. The number of imidazole rings is 1. The highest BCUT2D eigenvalue weighted by Crippen LogP contribution is 2.39. The molecule has 2 aliphatic rings. The first-order chi connectivity index (χ1) is 27.1. The van der Waals surface area contributed by atoms with E-state index in [1.165, 1.54) is 81.2 Å². The van der Waals surface area contributed by atoms with Gasteiger partial charge in [0.25, 0.3) is 5.91 Å². The van der Waals surface area contributed by atoms with Crippen LogP contribution in [0.5, 0.6) is 0 Å². The molecule has 5 rings (SSSR count). The summed E-state index contributed by atoms with van der Waals surface area (Å²) in [4.78, 5) is 61.5. The Kier molecular flexibility index (Phi) is 15.7. The van der Waals surface area contributed by atoms with E-state index in [4.69, 9.17) is 25.4 Å². The van der Waals surface area contributed by atoms with Gasteiger partial charge in [-0.15, -0.1) is 6.42 Å². The lowest BCUT2D eigenvalue weighted by Crippen LogP contribution is -2.43. The molecule has 2 fully saturated rings. The number of aliphatic hydroxyl groups excluding tert-OH is 1. The number of cyclic esters (lactones) is 1. The van der Waals surface area contributed by atoms with Gasteiger partial charge in [-0.05, 0) is 12.5 Å². The van der Waals surface area contributed by atoms with Crippen LogP contribution < -0.4 is 5.32 Å². The molecule has 1 aromatic carbocycles. The molecule has 0 aliphatic carbocycles. The Morgan fingerprint density at radius 1 is 1.02 bits per heavy atom. The minimum atomic E-state index is -1.79. The number of benzene rings is 1. The van der Waals surface area contributed by atoms with Crippen molar-refractivity contribution in [1.29, 1.82) is 0 Å². The molecule has 0 unspecified atom stereocenters. The van der Waals surface area contributed by atoms with Crippen LogP contribution in [0.4, 0.5) is 10.2 Å². The van der Waals surface area contributed by atoms with Gasteiger partial charge in [0.15, 0.2) is 28.7 Å². The zero-order valence-electron chi connectivity index (χ0n) is 32.0. The number of halogens is 1. The lowest BCUT2D eigenvalue weighted by Gasteiger charge is -2.26. The van der Waals surface area contributed by atoms with Gasteiger partial charge in [0.2, 0.25) is 0 Å². The molecule has 15 heteroatoms. The maximum Gasteiger partial charge on any atom is 0.338 e. The van der Waals surface area contributed by atoms with E-state index >= 15 is 0 Å². The number of unbranched alkanes of at least 4 members (excludes halogenated alkanes) is 12. The Morgan fingerprint density at radius 3 is 2.36 bits per heavy atom. The van der Waals surface area contributed by atoms with Crippen LogP contribution in [0.3, 0.4) is 0 Å². The van der Waals surface area contributed by atoms with Crippen LogP contribution in [0.25, 0.3) is 11.2 Å². The lowest BCUT2D eigenvalue weighted by atomic mass is 9.99. The third-order valence-corrected chi connectivity index (χ3v) is 10.2. The van der Waals surface area contributed by atoms with E-state index in [0.717, 1.165) is 19.3 Å². The minimum absolute atomic E-state index is 0.00783. The Morgan fingerprint density at radius 2 is 1.70 bits per heavy atom. The Balaban J connectivity index is 1.08. The normalized spacial score (nSPS) is 20.5. The van der Waals surface area contributed by atoms with Crippen molar-refractivity contribution in [3.05, 3.63) is 47.8 Å². The number of esters is 3. The second-order valence-corrected chi connectivity index (χ2v) is 14.4. The predicted molar refractivity (Wildman–Crippen MR) is 202 cm³/mol. The third kappa shape index (κ3) is 11.3. The van der Waals surface area contributed by atoms with E-state index in [9.17, 15) is 28.7 Å². The van der Waals surface area contributed by atoms with Gasteiger partial charge in [0, 0.05) is 31.2 Å². The molecule has 0 bridgehead atoms. The van der Waals surface area contributed by atoms with E-state index in [-0.39, 0.29) is 54.4 Å². The highest BCUT2D eigenvalue weighted by Gasteiger charge is 2.49. The molecule has 2 N–H and O–H groups in total. The number of anilines is 1. The molecule has 0 spiro atoms. The van der Waals surface area contributed by atoms with Crippen LogP contribution in [0, 0.1) is 18.4 Å². The number of hydrogen-bond acceptors (Lipinski definition) is 12. The highest BCUT2D eigenvalue weighted by molar-refractivity contribution is 6.00. The molecule has 2 saturated heterocycles. The van der Waals surface area contributed by atoms with Gasteiger partial charge < -0.3 is 29.4 Å². The summed E-state index contributed by atoms with van der Waals surface area (Å²) in [6.45, 7) is 1.58. The molecular weight excluding hydrogens is 725 g/mol. The van der Waals surface area contributed by atoms with Gasteiger partial charge in [-0.1, -0.05) is 108 Å². The fourth-order valence-electron chi connectivity index (χ4n) is 6.93. The molecule has 56 heavy (non-hydrogen) atoms. The maximum absolute atomic E-state index is 14.6. The lowest BCUT2D eigenvalue weighted by molar-refractivity contribution is -0.146. The number of amides is 1. The molecule has 3 aromatic rings. The number of aromatic nitrogens is 4. The number of nitrogens with zero attached hydrogens (tertiary/aromatic N) is 4. The molecule has 2 aliphatic heterocycles. The number of terminal acetylenes is 1. The molecule has 0 saturated carbocycles. The van der Waals surface area contributed by atoms with Crippen molar-refractivity contribution >= 4 is 40.8 Å². The van der Waals surface area contributed by atoms with Gasteiger partial charge in [-0.3, -0.25) is 19.0 Å². The van der Waals surface area contributed by atoms with Crippen LogP contribution in [-0.2, 0) is 39.9 Å². The van der Waals surface area contributed by atoms with Gasteiger partial charge >= 0.3 is 24.0 Å². The van der Waals surface area contributed by atoms with Crippen LogP contribution >= 0.6 is 0 Å². The largest absolute Gasteiger partial charge is 0.461 e. The van der Waals surface area contributed by atoms with Crippen molar-refractivity contribution < 1.29 is 47.6 Å². The second-order valence-electron chi connectivity index (χ2n) is 14.4. The summed E-state index contributed by atoms with van der Waals surface area (Å²) in [6, 6.07) is 6.55. The van der Waals surface area contributed by atoms with Crippen LogP contribution in [0.2, 0.25) is 0 Å². The van der Waals surface area contributed by atoms with Gasteiger partial charge in [0.05, 0.1) is 11.9 Å². The molecule has 0 radical (unpaired) electrons. The van der Waals surface area contributed by atoms with Crippen molar-refractivity contribution in [3.63, 3.8) is 0 Å². The van der Waals surface area contributed by atoms with Gasteiger partial charge in [-0.25, -0.2) is 9.78 Å². The van der Waals surface area contributed by atoms with Crippen molar-refractivity contribution in [2.24, 2.45) is 0 Å². The van der Waals surface area contributed by atoms with E-state index in [1.807, 2.05) is 0 Å². The van der Waals surface area contributed by atoms with Crippen molar-refractivity contribution in [3.8, 4) is 12.3 Å². The summed E-state index contributed by atoms with van der Waals surface area (Å²) in [6.07, 6.45) is 18.7. The van der Waals surface area contributed by atoms with E-state index in [1.54, 1.807) is 18.2 Å². The number of carbonyl (C=O) groups is 4. The first kappa shape index (κ1) is 42.2. The molecule has 1 amide bonds. The number of fused-ring (bicyclic) bond motifs is 1. The average Bonchev–Trinajstić information content (AvgIpc) is 3.91. The third-order valence-electron chi connectivity index (χ3n) is 10.2. The fourth-order valence-corrected chi connectivity index (χ4v) is 6.93. The number of nitrogens with one attached hydrogen (secondary N) is 1. The molecule has 14 nitrogen and oxygen atoms in total. The molecular formula is C41H52FN5O9. The molecule has 4 atom stereocenters. The average molecular weight is 778 g/mol. The molecule has 4 heterocycles. The minimum Gasteiger partial charge on any atom is -0.461 e. The quantitative estimate of drug-likeness (QED) is 0.0365. The van der Waals surface area contributed by atoms with Crippen molar-refractivity contribution in [2.45, 2.75) is 147 Å². The Hall–Kier alpha value is -4.94. The van der Waals surface area contributed by atoms with Crippen LogP contribution in [0.1, 0.15) is 138 Å². The predicted octanol–water partition coefficient (Wildman–Crippen LogP) is 6.64. The fraction of sp³-hybridized carbons (Fsp3) is 0.585. The summed E-state index contributed by atoms with van der Waals surface area (Å²) in [7, 11) is 0. The Bertz CT molecular complexity index is 1860. The summed E-state index contributed by atoms with van der Waals surface area (Å²) in [5.41, 5.74) is -1.25. The zero-order chi connectivity index (χ0) is 39.9. The van der Waals surface area contributed by atoms with Crippen molar-refractivity contribution in [1.82, 2.24) is 19.5 Å². The molecule has 302 valence electrons. The SMILES string of the molecule is C#C[C@]1(COC(=O)c2ccccc2COC(=O)CCCCCCCCCCCCCCC)O[C@@H](n2cnc3c(NC(=O)[C@H]4CCC(=O)O4)nc(F)nc32)C[C@@H]1O. The zero-order valence-corrected chi connectivity index (χ0v) is 32.0. The topological polar surface area (TPSA) is 181 Å². The highest BCUT2D eigenvalue weighted by atomic mass is 19.1. The standard InChI is InChI=1S/C41H52FN5O9/c1-3-5-6-7-8-9-10-11-12-13-14-15-16-21-33(49)53-25-28-19-17-18-20-29(28)39(52)54-26-41(4-2)31(48)24-32(56-41)47-27-43-35-36(45-40(42)46-37(35)47)44-38(51)30-22-23-34(50)55-30/h2,17-20,27,30-32,48H,3,5-16,21-26H2,1H3,(H,44,45,46,51)/t30-,31+,32-,41-/m1/s1. The smallest absolute Gasteiger partial charge is 0.338 e. The molecule has 2 aromatic heterocycles. The second kappa shape index (κ2) is 20.8. The summed E-state index contributed by atoms with van der Waals surface area (Å²) < 4.78 is 38.0. The monoisotopic (exact) mass is 777 g/mol. The summed E-state index contributed by atoms with van der Waals surface area (Å²) in [5.74, 6) is -0.175. The number of hydrogen-bond donors (Lipinski definition) is 2.